The monoisotopic (exact) mass is 366 g/mol. The van der Waals surface area contributed by atoms with Gasteiger partial charge in [-0.1, -0.05) is 19.3 Å². The molecule has 0 spiro atoms. The fourth-order valence-electron chi connectivity index (χ4n) is 3.09. The Balaban J connectivity index is 2.00. The van der Waals surface area contributed by atoms with E-state index >= 15 is 0 Å². The fraction of sp³-hybridized carbons (Fsp3) is 0.611. The van der Waals surface area contributed by atoms with E-state index < -0.39 is 5.97 Å². The van der Waals surface area contributed by atoms with Crippen LogP contribution in [0, 0.1) is 13.8 Å². The quantitative estimate of drug-likeness (QED) is 0.812. The third kappa shape index (κ3) is 4.81. The van der Waals surface area contributed by atoms with Crippen molar-refractivity contribution in [2.24, 2.45) is 0 Å². The van der Waals surface area contributed by atoms with Gasteiger partial charge in [-0.25, -0.2) is 4.79 Å². The van der Waals surface area contributed by atoms with Crippen molar-refractivity contribution in [3.63, 3.8) is 0 Å². The summed E-state index contributed by atoms with van der Waals surface area (Å²) in [6.45, 7) is 4.80. The smallest absolute Gasteiger partial charge is 0.341 e. The van der Waals surface area contributed by atoms with Gasteiger partial charge in [-0.05, 0) is 32.3 Å². The summed E-state index contributed by atoms with van der Waals surface area (Å²) in [4.78, 5) is 38.7. The van der Waals surface area contributed by atoms with Crippen LogP contribution in [0.2, 0.25) is 0 Å². The first kappa shape index (κ1) is 19.4. The van der Waals surface area contributed by atoms with Gasteiger partial charge in [0.25, 0.3) is 5.91 Å². The molecule has 0 saturated heterocycles. The van der Waals surface area contributed by atoms with Crippen molar-refractivity contribution in [3.05, 3.63) is 16.0 Å². The van der Waals surface area contributed by atoms with Gasteiger partial charge in [0, 0.05) is 24.9 Å². The molecule has 0 bridgehead atoms. The number of ether oxygens (including phenoxy) is 1. The third-order valence-corrected chi connectivity index (χ3v) is 5.84. The largest absolute Gasteiger partial charge is 0.452 e. The minimum absolute atomic E-state index is 0.189. The first-order valence-electron chi connectivity index (χ1n) is 8.61. The molecule has 1 aromatic heterocycles. The number of nitrogens with zero attached hydrogens (tertiary/aromatic N) is 1. The molecule has 25 heavy (non-hydrogen) atoms. The SMILES string of the molecule is CC(=O)Nc1sc(C)c(C)c1C(=O)OCC(=O)N(C)C1CCCCC1. The molecule has 138 valence electrons. The van der Waals surface area contributed by atoms with Crippen LogP contribution in [0.25, 0.3) is 0 Å². The Hall–Kier alpha value is -1.89. The maximum Gasteiger partial charge on any atom is 0.341 e. The van der Waals surface area contributed by atoms with Gasteiger partial charge in [0.15, 0.2) is 6.61 Å². The average molecular weight is 366 g/mol. The van der Waals surface area contributed by atoms with E-state index in [0.29, 0.717) is 10.6 Å². The Morgan fingerprint density at radius 2 is 1.84 bits per heavy atom. The van der Waals surface area contributed by atoms with Crippen molar-refractivity contribution < 1.29 is 19.1 Å². The zero-order valence-electron chi connectivity index (χ0n) is 15.3. The number of rotatable bonds is 5. The zero-order valence-corrected chi connectivity index (χ0v) is 16.1. The summed E-state index contributed by atoms with van der Waals surface area (Å²) < 4.78 is 5.24. The molecule has 1 saturated carbocycles. The molecular formula is C18H26N2O4S. The van der Waals surface area contributed by atoms with E-state index in [9.17, 15) is 14.4 Å². The number of nitrogens with one attached hydrogen (secondary N) is 1. The molecule has 1 heterocycles. The van der Waals surface area contributed by atoms with Gasteiger partial charge in [0.1, 0.15) is 5.00 Å². The molecule has 2 rings (SSSR count). The Kier molecular flexibility index (Phi) is 6.58. The van der Waals surface area contributed by atoms with Crippen LogP contribution in [0.4, 0.5) is 5.00 Å². The number of anilines is 1. The number of amides is 2. The lowest BCUT2D eigenvalue weighted by molar-refractivity contribution is -0.135. The van der Waals surface area contributed by atoms with Crippen LogP contribution < -0.4 is 5.32 Å². The van der Waals surface area contributed by atoms with Crippen molar-refractivity contribution >= 4 is 34.1 Å². The van der Waals surface area contributed by atoms with Gasteiger partial charge in [-0.2, -0.15) is 0 Å². The molecule has 0 unspecified atom stereocenters. The molecule has 1 aliphatic rings. The van der Waals surface area contributed by atoms with Crippen molar-refractivity contribution in [1.82, 2.24) is 4.90 Å². The molecular weight excluding hydrogens is 340 g/mol. The summed E-state index contributed by atoms with van der Waals surface area (Å²) in [5, 5.41) is 3.13. The van der Waals surface area contributed by atoms with E-state index in [1.807, 2.05) is 13.8 Å². The molecule has 0 aliphatic heterocycles. The average Bonchev–Trinajstić information content (AvgIpc) is 2.85. The van der Waals surface area contributed by atoms with Crippen LogP contribution in [0.3, 0.4) is 0 Å². The number of aryl methyl sites for hydroxylation is 1. The standard InChI is InChI=1S/C18H26N2O4S/c1-11-12(2)25-17(19-13(3)21)16(11)18(23)24-10-15(22)20(4)14-8-6-5-7-9-14/h14H,5-10H2,1-4H3,(H,19,21). The van der Waals surface area contributed by atoms with Gasteiger partial charge >= 0.3 is 5.97 Å². The van der Waals surface area contributed by atoms with Crippen molar-refractivity contribution in [1.29, 1.82) is 0 Å². The fourth-order valence-corrected chi connectivity index (χ4v) is 4.19. The Bertz CT molecular complexity index is 662. The second-order valence-electron chi connectivity index (χ2n) is 6.54. The van der Waals surface area contributed by atoms with E-state index in [2.05, 4.69) is 5.32 Å². The molecule has 1 aromatic rings. The highest BCUT2D eigenvalue weighted by Gasteiger charge is 2.25. The molecule has 7 heteroatoms. The van der Waals surface area contributed by atoms with Crippen molar-refractivity contribution in [2.75, 3.05) is 19.0 Å². The van der Waals surface area contributed by atoms with Crippen LogP contribution in [0.1, 0.15) is 59.8 Å². The number of hydrogen-bond acceptors (Lipinski definition) is 5. The number of esters is 1. The first-order chi connectivity index (χ1) is 11.8. The van der Waals surface area contributed by atoms with Crippen LogP contribution in [-0.4, -0.2) is 42.4 Å². The second-order valence-corrected chi connectivity index (χ2v) is 7.77. The normalized spacial score (nSPS) is 14.9. The summed E-state index contributed by atoms with van der Waals surface area (Å²) in [7, 11) is 1.77. The Morgan fingerprint density at radius 1 is 1.20 bits per heavy atom. The maximum absolute atomic E-state index is 12.4. The predicted octanol–water partition coefficient (Wildman–Crippen LogP) is 3.27. The molecule has 6 nitrogen and oxygen atoms in total. The third-order valence-electron chi connectivity index (χ3n) is 4.72. The van der Waals surface area contributed by atoms with Gasteiger partial charge < -0.3 is 15.0 Å². The summed E-state index contributed by atoms with van der Waals surface area (Å²) in [5.41, 5.74) is 1.11. The molecule has 0 atom stereocenters. The summed E-state index contributed by atoms with van der Waals surface area (Å²) in [6.07, 6.45) is 5.50. The van der Waals surface area contributed by atoms with E-state index in [-0.39, 0.29) is 24.5 Å². The first-order valence-corrected chi connectivity index (χ1v) is 9.43. The number of thiophene rings is 1. The van der Waals surface area contributed by atoms with E-state index in [0.717, 1.165) is 36.1 Å². The lowest BCUT2D eigenvalue weighted by Gasteiger charge is -2.31. The van der Waals surface area contributed by atoms with Gasteiger partial charge in [0.05, 0.1) is 5.56 Å². The molecule has 1 N–H and O–H groups in total. The molecule has 0 aromatic carbocycles. The number of carbonyl (C=O) groups is 3. The van der Waals surface area contributed by atoms with Crippen LogP contribution in [0.15, 0.2) is 0 Å². The highest BCUT2D eigenvalue weighted by atomic mass is 32.1. The van der Waals surface area contributed by atoms with Gasteiger partial charge in [-0.15, -0.1) is 11.3 Å². The zero-order chi connectivity index (χ0) is 18.6. The number of likely N-dealkylation sites (N-methyl/N-ethyl adjacent to an activating group) is 1. The number of carbonyl (C=O) groups excluding carboxylic acids is 3. The Morgan fingerprint density at radius 3 is 2.44 bits per heavy atom. The van der Waals surface area contributed by atoms with Gasteiger partial charge in [0.2, 0.25) is 5.91 Å². The lowest BCUT2D eigenvalue weighted by atomic mass is 9.94. The van der Waals surface area contributed by atoms with E-state index in [1.165, 1.54) is 24.7 Å². The second kappa shape index (κ2) is 8.47. The number of hydrogen-bond donors (Lipinski definition) is 1. The lowest BCUT2D eigenvalue weighted by Crippen LogP contribution is -2.40. The minimum atomic E-state index is -0.573. The van der Waals surface area contributed by atoms with Crippen molar-refractivity contribution in [3.8, 4) is 0 Å². The highest BCUT2D eigenvalue weighted by Crippen LogP contribution is 2.33. The van der Waals surface area contributed by atoms with Crippen LogP contribution in [-0.2, 0) is 14.3 Å². The van der Waals surface area contributed by atoms with Crippen molar-refractivity contribution in [2.45, 2.75) is 58.9 Å². The Labute approximate surface area is 152 Å². The van der Waals surface area contributed by atoms with Crippen LogP contribution >= 0.6 is 11.3 Å². The van der Waals surface area contributed by atoms with Crippen LogP contribution in [0.5, 0.6) is 0 Å². The molecule has 1 aliphatic carbocycles. The van der Waals surface area contributed by atoms with Gasteiger partial charge in [-0.3, -0.25) is 9.59 Å². The maximum atomic E-state index is 12.4. The van der Waals surface area contributed by atoms with E-state index in [4.69, 9.17) is 4.74 Å². The highest BCUT2D eigenvalue weighted by molar-refractivity contribution is 7.16. The summed E-state index contributed by atoms with van der Waals surface area (Å²) in [6, 6.07) is 0.236. The predicted molar refractivity (Wildman–Crippen MR) is 98.0 cm³/mol. The summed E-state index contributed by atoms with van der Waals surface area (Å²) in [5.74, 6) is -1.01. The minimum Gasteiger partial charge on any atom is -0.452 e. The summed E-state index contributed by atoms with van der Waals surface area (Å²) >= 11 is 1.33. The van der Waals surface area contributed by atoms with E-state index in [1.54, 1.807) is 11.9 Å². The topological polar surface area (TPSA) is 75.7 Å². The molecule has 1 fully saturated rings. The molecule has 2 amide bonds. The molecule has 0 radical (unpaired) electrons.